The Kier molecular flexibility index (Phi) is 4.81. The lowest BCUT2D eigenvalue weighted by Gasteiger charge is -2.23. The van der Waals surface area contributed by atoms with Gasteiger partial charge in [0.1, 0.15) is 5.56 Å². The molecule has 0 saturated heterocycles. The molecule has 0 fully saturated rings. The third-order valence-corrected chi connectivity index (χ3v) is 3.28. The predicted octanol–water partition coefficient (Wildman–Crippen LogP) is 4.03. The van der Waals surface area contributed by atoms with E-state index < -0.39 is 0 Å². The van der Waals surface area contributed by atoms with Gasteiger partial charge in [0.25, 0.3) is 5.91 Å². The first-order valence-corrected chi connectivity index (χ1v) is 7.42. The molecule has 0 bridgehead atoms. The van der Waals surface area contributed by atoms with Crippen LogP contribution in [0.5, 0.6) is 5.88 Å². The summed E-state index contributed by atoms with van der Waals surface area (Å²) in [5.41, 5.74) is 2.28. The molecule has 1 amide bonds. The molecule has 4 heteroatoms. The molecular formula is C18H22N2O2. The van der Waals surface area contributed by atoms with Gasteiger partial charge < -0.3 is 10.1 Å². The quantitative estimate of drug-likeness (QED) is 0.927. The van der Waals surface area contributed by atoms with Crippen molar-refractivity contribution in [2.75, 3.05) is 11.9 Å². The highest BCUT2D eigenvalue weighted by molar-refractivity contribution is 6.06. The van der Waals surface area contributed by atoms with Crippen LogP contribution in [-0.2, 0) is 5.41 Å². The van der Waals surface area contributed by atoms with E-state index in [0.29, 0.717) is 18.1 Å². The molecule has 0 aliphatic rings. The number of carbonyl (C=O) groups is 1. The van der Waals surface area contributed by atoms with Crippen LogP contribution in [0.25, 0.3) is 0 Å². The van der Waals surface area contributed by atoms with E-state index in [1.165, 1.54) is 0 Å². The number of benzene rings is 1. The summed E-state index contributed by atoms with van der Waals surface area (Å²) in [7, 11) is 0. The van der Waals surface area contributed by atoms with Crippen molar-refractivity contribution < 1.29 is 9.53 Å². The summed E-state index contributed by atoms with van der Waals surface area (Å²) in [5, 5.41) is 2.97. The minimum absolute atomic E-state index is 0.0540. The highest BCUT2D eigenvalue weighted by atomic mass is 16.5. The molecule has 4 nitrogen and oxygen atoms in total. The molecule has 0 saturated carbocycles. The second-order valence-electron chi connectivity index (χ2n) is 6.04. The molecule has 1 aromatic heterocycles. The van der Waals surface area contributed by atoms with Crippen molar-refractivity contribution >= 4 is 11.6 Å². The first-order valence-electron chi connectivity index (χ1n) is 7.42. The van der Waals surface area contributed by atoms with Crippen LogP contribution in [0.15, 0.2) is 42.6 Å². The fraction of sp³-hybridized carbons (Fsp3) is 0.333. The molecule has 116 valence electrons. The van der Waals surface area contributed by atoms with E-state index in [2.05, 4.69) is 31.1 Å². The van der Waals surface area contributed by atoms with E-state index >= 15 is 0 Å². The van der Waals surface area contributed by atoms with Gasteiger partial charge in [-0.3, -0.25) is 4.79 Å². The number of pyridine rings is 1. The largest absolute Gasteiger partial charge is 0.477 e. The number of rotatable bonds is 4. The summed E-state index contributed by atoms with van der Waals surface area (Å²) in [6.07, 6.45) is 1.62. The summed E-state index contributed by atoms with van der Waals surface area (Å²) in [4.78, 5) is 16.7. The Bertz CT molecular complexity index is 660. The number of nitrogens with one attached hydrogen (secondary N) is 1. The molecule has 0 radical (unpaired) electrons. The predicted molar refractivity (Wildman–Crippen MR) is 88.5 cm³/mol. The number of para-hydroxylation sites is 1. The number of anilines is 1. The zero-order valence-electron chi connectivity index (χ0n) is 13.5. The lowest BCUT2D eigenvalue weighted by molar-refractivity contribution is 0.102. The monoisotopic (exact) mass is 298 g/mol. The third-order valence-electron chi connectivity index (χ3n) is 3.28. The molecule has 1 heterocycles. The highest BCUT2D eigenvalue weighted by Gasteiger charge is 2.20. The second kappa shape index (κ2) is 6.60. The molecule has 1 aromatic carbocycles. The second-order valence-corrected chi connectivity index (χ2v) is 6.04. The van der Waals surface area contributed by atoms with E-state index in [1.54, 1.807) is 18.3 Å². The number of aromatic nitrogens is 1. The van der Waals surface area contributed by atoms with E-state index in [9.17, 15) is 4.79 Å². The smallest absolute Gasteiger partial charge is 0.261 e. The van der Waals surface area contributed by atoms with Crippen molar-refractivity contribution in [1.82, 2.24) is 4.98 Å². The van der Waals surface area contributed by atoms with Gasteiger partial charge in [-0.15, -0.1) is 0 Å². The molecule has 0 aliphatic heterocycles. The van der Waals surface area contributed by atoms with Gasteiger partial charge in [-0.05, 0) is 36.1 Å². The molecule has 1 N–H and O–H groups in total. The fourth-order valence-electron chi connectivity index (χ4n) is 2.25. The van der Waals surface area contributed by atoms with Gasteiger partial charge in [0.05, 0.1) is 6.61 Å². The average Bonchev–Trinajstić information content (AvgIpc) is 2.47. The Hall–Kier alpha value is -2.36. The molecular weight excluding hydrogens is 276 g/mol. The number of carbonyl (C=O) groups excluding carboxylic acids is 1. The fourth-order valence-corrected chi connectivity index (χ4v) is 2.25. The normalized spacial score (nSPS) is 11.1. The van der Waals surface area contributed by atoms with E-state index in [-0.39, 0.29) is 11.3 Å². The first-order chi connectivity index (χ1) is 10.4. The van der Waals surface area contributed by atoms with E-state index in [1.807, 2.05) is 31.2 Å². The topological polar surface area (TPSA) is 51.2 Å². The van der Waals surface area contributed by atoms with Gasteiger partial charge in [0.15, 0.2) is 0 Å². The lowest BCUT2D eigenvalue weighted by Crippen LogP contribution is -2.19. The summed E-state index contributed by atoms with van der Waals surface area (Å²) in [5.74, 6) is 0.143. The summed E-state index contributed by atoms with van der Waals surface area (Å²) in [6, 6.07) is 11.3. The minimum atomic E-state index is -0.215. The van der Waals surface area contributed by atoms with Crippen LogP contribution in [-0.4, -0.2) is 17.5 Å². The van der Waals surface area contributed by atoms with Gasteiger partial charge >= 0.3 is 0 Å². The number of nitrogens with zero attached hydrogens (tertiary/aromatic N) is 1. The van der Waals surface area contributed by atoms with Crippen molar-refractivity contribution in [3.05, 3.63) is 53.7 Å². The maximum absolute atomic E-state index is 12.6. The van der Waals surface area contributed by atoms with E-state index in [0.717, 1.165) is 11.3 Å². The van der Waals surface area contributed by atoms with Crippen molar-refractivity contribution in [2.45, 2.75) is 33.1 Å². The van der Waals surface area contributed by atoms with Crippen molar-refractivity contribution in [2.24, 2.45) is 0 Å². The zero-order chi connectivity index (χ0) is 16.2. The zero-order valence-corrected chi connectivity index (χ0v) is 13.5. The van der Waals surface area contributed by atoms with E-state index in [4.69, 9.17) is 4.74 Å². The van der Waals surface area contributed by atoms with Gasteiger partial charge in [0.2, 0.25) is 5.88 Å². The summed E-state index contributed by atoms with van der Waals surface area (Å²) >= 11 is 0. The number of hydrogen-bond acceptors (Lipinski definition) is 3. The molecule has 0 unspecified atom stereocenters. The average molecular weight is 298 g/mol. The Morgan fingerprint density at radius 3 is 2.59 bits per heavy atom. The standard InChI is InChI=1S/C18H22N2O2/c1-5-22-17-13(9-8-12-19-17)16(21)20-15-11-7-6-10-14(15)18(2,3)4/h6-12H,5H2,1-4H3,(H,20,21). The van der Waals surface area contributed by atoms with Crippen molar-refractivity contribution in [3.8, 4) is 5.88 Å². The Labute approximate surface area is 131 Å². The van der Waals surface area contributed by atoms with Crippen LogP contribution in [0, 0.1) is 0 Å². The first kappa shape index (κ1) is 16.0. The Morgan fingerprint density at radius 1 is 1.18 bits per heavy atom. The van der Waals surface area contributed by atoms with Crippen molar-refractivity contribution in [1.29, 1.82) is 0 Å². The minimum Gasteiger partial charge on any atom is -0.477 e. The van der Waals surface area contributed by atoms with Crippen LogP contribution in [0.1, 0.15) is 43.6 Å². The summed E-state index contributed by atoms with van der Waals surface area (Å²) < 4.78 is 5.42. The summed E-state index contributed by atoms with van der Waals surface area (Å²) in [6.45, 7) is 8.69. The number of ether oxygens (including phenoxy) is 1. The maximum atomic E-state index is 12.6. The van der Waals surface area contributed by atoms with Crippen LogP contribution in [0.4, 0.5) is 5.69 Å². The molecule has 2 aromatic rings. The SMILES string of the molecule is CCOc1ncccc1C(=O)Nc1ccccc1C(C)(C)C. The molecule has 0 spiro atoms. The third kappa shape index (κ3) is 3.64. The lowest BCUT2D eigenvalue weighted by atomic mass is 9.86. The van der Waals surface area contributed by atoms with Gasteiger partial charge in [0, 0.05) is 11.9 Å². The number of amides is 1. The van der Waals surface area contributed by atoms with Crippen LogP contribution in [0.2, 0.25) is 0 Å². The highest BCUT2D eigenvalue weighted by Crippen LogP contribution is 2.30. The van der Waals surface area contributed by atoms with Gasteiger partial charge in [-0.2, -0.15) is 0 Å². The molecule has 22 heavy (non-hydrogen) atoms. The van der Waals surface area contributed by atoms with Gasteiger partial charge in [-0.1, -0.05) is 39.0 Å². The molecule has 0 atom stereocenters. The maximum Gasteiger partial charge on any atom is 0.261 e. The Morgan fingerprint density at radius 2 is 1.91 bits per heavy atom. The van der Waals surface area contributed by atoms with Crippen molar-refractivity contribution in [3.63, 3.8) is 0 Å². The molecule has 2 rings (SSSR count). The van der Waals surface area contributed by atoms with Crippen LogP contribution < -0.4 is 10.1 Å². The molecule has 0 aliphatic carbocycles. The van der Waals surface area contributed by atoms with Crippen LogP contribution >= 0.6 is 0 Å². The number of hydrogen-bond donors (Lipinski definition) is 1. The Balaban J connectivity index is 2.31. The van der Waals surface area contributed by atoms with Crippen LogP contribution in [0.3, 0.4) is 0 Å². The van der Waals surface area contributed by atoms with Gasteiger partial charge in [-0.25, -0.2) is 4.98 Å².